The van der Waals surface area contributed by atoms with Gasteiger partial charge in [0, 0.05) is 26.2 Å². The number of methoxy groups -OCH3 is 1. The fraction of sp³-hybridized carbons (Fsp3) is 0.800. The predicted molar refractivity (Wildman–Crippen MR) is 53.2 cm³/mol. The van der Waals surface area contributed by atoms with E-state index in [0.717, 1.165) is 12.8 Å². The largest absolute Gasteiger partial charge is 0.468 e. The Balaban J connectivity index is 2.40. The van der Waals surface area contributed by atoms with Crippen LogP contribution in [0.5, 0.6) is 0 Å². The van der Waals surface area contributed by atoms with E-state index in [9.17, 15) is 9.59 Å². The standard InChI is InChI=1S/C10H17NO4/c1-11(7-9(12)14-2)10(13)8-3-5-15-6-4-8/h8H,3-7H2,1-2H3. The zero-order valence-electron chi connectivity index (χ0n) is 9.19. The third-order valence-electron chi connectivity index (χ3n) is 2.54. The van der Waals surface area contributed by atoms with Crippen molar-refractivity contribution in [2.75, 3.05) is 33.9 Å². The van der Waals surface area contributed by atoms with Crippen molar-refractivity contribution in [3.05, 3.63) is 0 Å². The molecule has 1 fully saturated rings. The average Bonchev–Trinajstić information content (AvgIpc) is 2.29. The summed E-state index contributed by atoms with van der Waals surface area (Å²) in [7, 11) is 2.93. The first-order chi connectivity index (χ1) is 7.15. The van der Waals surface area contributed by atoms with E-state index in [2.05, 4.69) is 4.74 Å². The topological polar surface area (TPSA) is 55.8 Å². The Hall–Kier alpha value is -1.10. The molecule has 1 rings (SSSR count). The second kappa shape index (κ2) is 5.70. The van der Waals surface area contributed by atoms with Gasteiger partial charge in [0.05, 0.1) is 7.11 Å². The van der Waals surface area contributed by atoms with Gasteiger partial charge in [-0.3, -0.25) is 9.59 Å². The van der Waals surface area contributed by atoms with Crippen LogP contribution in [0.1, 0.15) is 12.8 Å². The van der Waals surface area contributed by atoms with Crippen LogP contribution >= 0.6 is 0 Å². The summed E-state index contributed by atoms with van der Waals surface area (Å²) in [6, 6.07) is 0. The normalized spacial score (nSPS) is 17.2. The van der Waals surface area contributed by atoms with Crippen LogP contribution in [-0.2, 0) is 19.1 Å². The van der Waals surface area contributed by atoms with Crippen molar-refractivity contribution in [3.63, 3.8) is 0 Å². The zero-order valence-corrected chi connectivity index (χ0v) is 9.19. The minimum Gasteiger partial charge on any atom is -0.468 e. The van der Waals surface area contributed by atoms with E-state index in [1.54, 1.807) is 7.05 Å². The number of nitrogens with zero attached hydrogens (tertiary/aromatic N) is 1. The van der Waals surface area contributed by atoms with Gasteiger partial charge in [0.15, 0.2) is 0 Å². The van der Waals surface area contributed by atoms with Gasteiger partial charge in [-0.15, -0.1) is 0 Å². The molecule has 1 saturated heterocycles. The lowest BCUT2D eigenvalue weighted by Gasteiger charge is -2.25. The molecule has 1 amide bonds. The Bertz CT molecular complexity index is 236. The van der Waals surface area contributed by atoms with Crippen LogP contribution in [0.2, 0.25) is 0 Å². The average molecular weight is 215 g/mol. The van der Waals surface area contributed by atoms with Gasteiger partial charge in [-0.25, -0.2) is 0 Å². The van der Waals surface area contributed by atoms with Crippen molar-refractivity contribution in [1.82, 2.24) is 4.90 Å². The van der Waals surface area contributed by atoms with E-state index in [0.29, 0.717) is 13.2 Å². The number of hydrogen-bond donors (Lipinski definition) is 0. The van der Waals surface area contributed by atoms with E-state index in [-0.39, 0.29) is 18.4 Å². The fourth-order valence-corrected chi connectivity index (χ4v) is 1.59. The molecule has 0 spiro atoms. The highest BCUT2D eigenvalue weighted by Crippen LogP contribution is 2.16. The molecule has 0 aromatic heterocycles. The molecule has 0 radical (unpaired) electrons. The Morgan fingerprint density at radius 2 is 2.00 bits per heavy atom. The maximum Gasteiger partial charge on any atom is 0.325 e. The molecule has 15 heavy (non-hydrogen) atoms. The smallest absolute Gasteiger partial charge is 0.325 e. The molecule has 1 aliphatic heterocycles. The summed E-state index contributed by atoms with van der Waals surface area (Å²) in [5.41, 5.74) is 0. The van der Waals surface area contributed by atoms with E-state index in [4.69, 9.17) is 4.74 Å². The number of ether oxygens (including phenoxy) is 2. The van der Waals surface area contributed by atoms with E-state index < -0.39 is 5.97 Å². The highest BCUT2D eigenvalue weighted by Gasteiger charge is 2.25. The van der Waals surface area contributed by atoms with Crippen molar-refractivity contribution in [2.24, 2.45) is 5.92 Å². The molecule has 5 heteroatoms. The van der Waals surface area contributed by atoms with Gasteiger partial charge in [0.25, 0.3) is 0 Å². The van der Waals surface area contributed by atoms with E-state index >= 15 is 0 Å². The van der Waals surface area contributed by atoms with Gasteiger partial charge in [0.1, 0.15) is 6.54 Å². The number of hydrogen-bond acceptors (Lipinski definition) is 4. The highest BCUT2D eigenvalue weighted by molar-refractivity contribution is 5.83. The Morgan fingerprint density at radius 3 is 2.53 bits per heavy atom. The Morgan fingerprint density at radius 1 is 1.40 bits per heavy atom. The third kappa shape index (κ3) is 3.51. The molecule has 0 unspecified atom stereocenters. The molecule has 86 valence electrons. The van der Waals surface area contributed by atoms with Crippen LogP contribution in [-0.4, -0.2) is 50.7 Å². The molecule has 0 bridgehead atoms. The maximum absolute atomic E-state index is 11.8. The second-order valence-corrected chi connectivity index (χ2v) is 3.66. The predicted octanol–water partition coefficient (Wildman–Crippen LogP) is 0.0444. The van der Waals surface area contributed by atoms with Crippen LogP contribution in [0, 0.1) is 5.92 Å². The molecule has 1 heterocycles. The monoisotopic (exact) mass is 215 g/mol. The number of rotatable bonds is 3. The number of amides is 1. The van der Waals surface area contributed by atoms with Crippen LogP contribution < -0.4 is 0 Å². The number of carbonyl (C=O) groups is 2. The van der Waals surface area contributed by atoms with Crippen molar-refractivity contribution >= 4 is 11.9 Å². The van der Waals surface area contributed by atoms with Gasteiger partial charge in [-0.1, -0.05) is 0 Å². The van der Waals surface area contributed by atoms with Crippen LogP contribution in [0.25, 0.3) is 0 Å². The van der Waals surface area contributed by atoms with E-state index in [1.165, 1.54) is 12.0 Å². The van der Waals surface area contributed by atoms with Crippen LogP contribution in [0.15, 0.2) is 0 Å². The third-order valence-corrected chi connectivity index (χ3v) is 2.54. The first-order valence-electron chi connectivity index (χ1n) is 5.04. The first kappa shape index (κ1) is 12.0. The zero-order chi connectivity index (χ0) is 11.3. The molecular formula is C10H17NO4. The number of likely N-dealkylation sites (N-methyl/N-ethyl adjacent to an activating group) is 1. The van der Waals surface area contributed by atoms with E-state index in [1.807, 2.05) is 0 Å². The van der Waals surface area contributed by atoms with Crippen molar-refractivity contribution in [2.45, 2.75) is 12.8 Å². The van der Waals surface area contributed by atoms with Gasteiger partial charge >= 0.3 is 5.97 Å². The summed E-state index contributed by atoms with van der Waals surface area (Å²) in [6.07, 6.45) is 1.48. The quantitative estimate of drug-likeness (QED) is 0.624. The lowest BCUT2D eigenvalue weighted by atomic mass is 9.99. The molecule has 0 aromatic carbocycles. The highest BCUT2D eigenvalue weighted by atomic mass is 16.5. The van der Waals surface area contributed by atoms with Crippen molar-refractivity contribution < 1.29 is 19.1 Å². The summed E-state index contributed by atoms with van der Waals surface area (Å²) >= 11 is 0. The molecule has 0 atom stereocenters. The first-order valence-corrected chi connectivity index (χ1v) is 5.04. The molecule has 0 N–H and O–H groups in total. The summed E-state index contributed by atoms with van der Waals surface area (Å²) in [5.74, 6) is -0.394. The summed E-state index contributed by atoms with van der Waals surface area (Å²) < 4.78 is 9.67. The SMILES string of the molecule is COC(=O)CN(C)C(=O)C1CCOCC1. The van der Waals surface area contributed by atoms with Crippen molar-refractivity contribution in [3.8, 4) is 0 Å². The molecule has 1 aliphatic rings. The fourth-order valence-electron chi connectivity index (χ4n) is 1.59. The Labute approximate surface area is 89.3 Å². The van der Waals surface area contributed by atoms with Crippen LogP contribution in [0.4, 0.5) is 0 Å². The summed E-state index contributed by atoms with van der Waals surface area (Å²) in [4.78, 5) is 24.2. The van der Waals surface area contributed by atoms with Crippen molar-refractivity contribution in [1.29, 1.82) is 0 Å². The number of esters is 1. The lowest BCUT2D eigenvalue weighted by molar-refractivity contribution is -0.148. The minimum absolute atomic E-state index is 0.00343. The molecule has 0 aromatic rings. The van der Waals surface area contributed by atoms with Gasteiger partial charge in [-0.2, -0.15) is 0 Å². The minimum atomic E-state index is -0.391. The summed E-state index contributed by atoms with van der Waals surface area (Å²) in [6.45, 7) is 1.28. The molecular weight excluding hydrogens is 198 g/mol. The lowest BCUT2D eigenvalue weighted by Crippen LogP contribution is -2.39. The van der Waals surface area contributed by atoms with Gasteiger partial charge in [0.2, 0.25) is 5.91 Å². The molecule has 0 saturated carbocycles. The van der Waals surface area contributed by atoms with Gasteiger partial charge < -0.3 is 14.4 Å². The molecule has 0 aliphatic carbocycles. The number of carbonyl (C=O) groups excluding carboxylic acids is 2. The summed E-state index contributed by atoms with van der Waals surface area (Å²) in [5, 5.41) is 0. The maximum atomic E-state index is 11.8. The van der Waals surface area contributed by atoms with Gasteiger partial charge in [-0.05, 0) is 12.8 Å². The Kier molecular flexibility index (Phi) is 4.55. The van der Waals surface area contributed by atoms with Crippen LogP contribution in [0.3, 0.4) is 0 Å². The molecule has 5 nitrogen and oxygen atoms in total. The second-order valence-electron chi connectivity index (χ2n) is 3.66.